The summed E-state index contributed by atoms with van der Waals surface area (Å²) >= 11 is 0. The largest absolute Gasteiger partial charge is 0.381 e. The van der Waals surface area contributed by atoms with Gasteiger partial charge in [0.25, 0.3) is 12.3 Å². The Bertz CT molecular complexity index is 683. The number of carbonyl (C=O) groups is 2. The van der Waals surface area contributed by atoms with E-state index in [0.29, 0.717) is 25.7 Å². The number of alkyl halides is 1. The van der Waals surface area contributed by atoms with Crippen molar-refractivity contribution in [2.24, 2.45) is 11.7 Å². The summed E-state index contributed by atoms with van der Waals surface area (Å²) in [7, 11) is 1.83. The summed E-state index contributed by atoms with van der Waals surface area (Å²) in [5.74, 6) is -0.312. The molecule has 3 amide bonds. The first-order valence-electron chi connectivity index (χ1n) is 11.6. The average Bonchev–Trinajstić information content (AvgIpc) is 2.84. The molecule has 2 aliphatic rings. The number of methoxy groups -OCH3 is 1. The number of nitrogens with one attached hydrogen (secondary N) is 1. The van der Waals surface area contributed by atoms with Gasteiger partial charge in [-0.25, -0.2) is 9.18 Å². The molecule has 2 fully saturated rings. The van der Waals surface area contributed by atoms with E-state index in [2.05, 4.69) is 35.6 Å². The van der Waals surface area contributed by atoms with Crippen molar-refractivity contribution >= 4 is 11.9 Å². The van der Waals surface area contributed by atoms with Gasteiger partial charge in [0.15, 0.2) is 0 Å². The zero-order chi connectivity index (χ0) is 23.3. The van der Waals surface area contributed by atoms with E-state index in [9.17, 15) is 14.0 Å². The molecule has 0 radical (unpaired) electrons. The number of halogens is 1. The van der Waals surface area contributed by atoms with E-state index in [1.807, 2.05) is 14.0 Å². The molecular weight excluding hydrogens is 413 g/mol. The van der Waals surface area contributed by atoms with Crippen LogP contribution in [-0.4, -0.2) is 62.7 Å². The monoisotopic (exact) mass is 451 g/mol. The van der Waals surface area contributed by atoms with Crippen LogP contribution in [0.4, 0.5) is 9.18 Å². The van der Waals surface area contributed by atoms with Crippen LogP contribution in [0.15, 0.2) is 30.3 Å². The van der Waals surface area contributed by atoms with Gasteiger partial charge >= 0.3 is 6.03 Å². The number of amides is 3. The van der Waals surface area contributed by atoms with E-state index in [4.69, 9.17) is 15.2 Å². The number of ether oxygens (including phenoxy) is 2. The first-order chi connectivity index (χ1) is 15.4. The molecule has 1 aromatic carbocycles. The SMILES string of the molecule is CCNC(=O)N1CCCC(COC(F)C(N)=O)C1.COC1CCC(c2ccccc2)CC1. The smallest absolute Gasteiger partial charge is 0.317 e. The molecule has 8 heteroatoms. The van der Waals surface area contributed by atoms with Crippen LogP contribution in [0.5, 0.6) is 0 Å². The van der Waals surface area contributed by atoms with E-state index in [-0.39, 0.29) is 18.6 Å². The van der Waals surface area contributed by atoms with Gasteiger partial charge in [-0.05, 0) is 56.9 Å². The number of primary amides is 1. The Labute approximate surface area is 190 Å². The third-order valence-electron chi connectivity index (χ3n) is 6.11. The molecule has 1 aliphatic heterocycles. The molecule has 7 nitrogen and oxygen atoms in total. The number of nitrogens with zero attached hydrogens (tertiary/aromatic N) is 1. The fourth-order valence-corrected chi connectivity index (χ4v) is 4.31. The molecule has 1 saturated heterocycles. The second kappa shape index (κ2) is 14.1. The van der Waals surface area contributed by atoms with E-state index < -0.39 is 12.3 Å². The van der Waals surface area contributed by atoms with E-state index >= 15 is 0 Å². The van der Waals surface area contributed by atoms with Crippen molar-refractivity contribution in [2.45, 2.75) is 63.8 Å². The fourth-order valence-electron chi connectivity index (χ4n) is 4.31. The predicted octanol–water partition coefficient (Wildman–Crippen LogP) is 3.58. The lowest BCUT2D eigenvalue weighted by Gasteiger charge is -2.32. The zero-order valence-corrected chi connectivity index (χ0v) is 19.3. The van der Waals surface area contributed by atoms with Crippen LogP contribution < -0.4 is 11.1 Å². The number of likely N-dealkylation sites (tertiary alicyclic amines) is 1. The third kappa shape index (κ3) is 8.74. The van der Waals surface area contributed by atoms with Gasteiger partial charge in [-0.3, -0.25) is 4.79 Å². The summed E-state index contributed by atoms with van der Waals surface area (Å²) in [4.78, 5) is 23.8. The summed E-state index contributed by atoms with van der Waals surface area (Å²) in [6.07, 6.45) is 5.14. The predicted molar refractivity (Wildman–Crippen MR) is 122 cm³/mol. The number of nitrogens with two attached hydrogens (primary N) is 1. The Kier molecular flexibility index (Phi) is 11.5. The topological polar surface area (TPSA) is 93.9 Å². The second-order valence-electron chi connectivity index (χ2n) is 8.46. The molecule has 3 rings (SSSR count). The highest BCUT2D eigenvalue weighted by Crippen LogP contribution is 2.33. The molecule has 1 heterocycles. The van der Waals surface area contributed by atoms with Crippen LogP contribution in [0.25, 0.3) is 0 Å². The Morgan fingerprint density at radius 2 is 1.88 bits per heavy atom. The molecule has 0 bridgehead atoms. The minimum Gasteiger partial charge on any atom is -0.381 e. The van der Waals surface area contributed by atoms with Crippen molar-refractivity contribution < 1.29 is 23.5 Å². The molecule has 32 heavy (non-hydrogen) atoms. The van der Waals surface area contributed by atoms with Gasteiger partial charge in [0, 0.05) is 32.7 Å². The lowest BCUT2D eigenvalue weighted by molar-refractivity contribution is -0.143. The van der Waals surface area contributed by atoms with Gasteiger partial charge in [0.05, 0.1) is 12.7 Å². The highest BCUT2D eigenvalue weighted by molar-refractivity contribution is 5.77. The van der Waals surface area contributed by atoms with Gasteiger partial charge in [-0.2, -0.15) is 0 Å². The number of hydrogen-bond donors (Lipinski definition) is 2. The van der Waals surface area contributed by atoms with Gasteiger partial charge in [-0.15, -0.1) is 0 Å². The maximum atomic E-state index is 12.9. The highest BCUT2D eigenvalue weighted by atomic mass is 19.1. The van der Waals surface area contributed by atoms with Gasteiger partial charge < -0.3 is 25.4 Å². The lowest BCUT2D eigenvalue weighted by Crippen LogP contribution is -2.46. The summed E-state index contributed by atoms with van der Waals surface area (Å²) in [5.41, 5.74) is 6.26. The fraction of sp³-hybridized carbons (Fsp3) is 0.667. The number of urea groups is 1. The van der Waals surface area contributed by atoms with Gasteiger partial charge in [0.2, 0.25) is 0 Å². The normalized spacial score (nSPS) is 24.1. The number of piperidine rings is 1. The lowest BCUT2D eigenvalue weighted by atomic mass is 9.83. The number of hydrogen-bond acceptors (Lipinski definition) is 4. The van der Waals surface area contributed by atoms with E-state index in [1.165, 1.54) is 31.2 Å². The molecule has 1 saturated carbocycles. The molecule has 1 aliphatic carbocycles. The highest BCUT2D eigenvalue weighted by Gasteiger charge is 2.25. The molecule has 3 N–H and O–H groups in total. The van der Waals surface area contributed by atoms with Crippen LogP contribution in [0.1, 0.15) is 56.9 Å². The summed E-state index contributed by atoms with van der Waals surface area (Å²) in [6.45, 7) is 3.72. The molecular formula is C24H38FN3O4. The van der Waals surface area contributed by atoms with E-state index in [0.717, 1.165) is 18.8 Å². The molecule has 0 spiro atoms. The van der Waals surface area contributed by atoms with Crippen LogP contribution in [0.3, 0.4) is 0 Å². The van der Waals surface area contributed by atoms with Gasteiger partial charge in [0.1, 0.15) is 0 Å². The van der Waals surface area contributed by atoms with Crippen molar-refractivity contribution in [1.29, 1.82) is 0 Å². The summed E-state index contributed by atoms with van der Waals surface area (Å²) in [5, 5.41) is 2.72. The molecule has 0 aromatic heterocycles. The second-order valence-corrected chi connectivity index (χ2v) is 8.46. The van der Waals surface area contributed by atoms with Crippen molar-refractivity contribution in [3.8, 4) is 0 Å². The van der Waals surface area contributed by atoms with Crippen LogP contribution in [-0.2, 0) is 14.3 Å². The minimum absolute atomic E-state index is 0.0407. The van der Waals surface area contributed by atoms with E-state index in [1.54, 1.807) is 4.90 Å². The average molecular weight is 452 g/mol. The first-order valence-corrected chi connectivity index (χ1v) is 11.6. The quantitative estimate of drug-likeness (QED) is 0.663. The number of rotatable bonds is 7. The van der Waals surface area contributed by atoms with Crippen molar-refractivity contribution in [3.63, 3.8) is 0 Å². The Morgan fingerprint density at radius 3 is 2.47 bits per heavy atom. The maximum absolute atomic E-state index is 12.9. The van der Waals surface area contributed by atoms with Crippen molar-refractivity contribution in [2.75, 3.05) is 33.4 Å². The third-order valence-corrected chi connectivity index (χ3v) is 6.11. The maximum Gasteiger partial charge on any atom is 0.317 e. The molecule has 2 atom stereocenters. The molecule has 1 aromatic rings. The van der Waals surface area contributed by atoms with Crippen molar-refractivity contribution in [1.82, 2.24) is 10.2 Å². The Hall–Kier alpha value is -2.19. The summed E-state index contributed by atoms with van der Waals surface area (Å²) in [6, 6.07) is 10.7. The summed E-state index contributed by atoms with van der Waals surface area (Å²) < 4.78 is 23.0. The van der Waals surface area contributed by atoms with Crippen molar-refractivity contribution in [3.05, 3.63) is 35.9 Å². The van der Waals surface area contributed by atoms with Gasteiger partial charge in [-0.1, -0.05) is 30.3 Å². The Morgan fingerprint density at radius 1 is 1.19 bits per heavy atom. The van der Waals surface area contributed by atoms with Crippen LogP contribution >= 0.6 is 0 Å². The molecule has 180 valence electrons. The zero-order valence-electron chi connectivity index (χ0n) is 19.3. The first kappa shape index (κ1) is 26.1. The number of carbonyl (C=O) groups excluding carboxylic acids is 2. The number of benzene rings is 1. The molecule has 2 unspecified atom stereocenters. The Balaban J connectivity index is 0.000000233. The van der Waals surface area contributed by atoms with Crippen LogP contribution in [0.2, 0.25) is 0 Å². The van der Waals surface area contributed by atoms with Crippen LogP contribution in [0, 0.1) is 5.92 Å². The minimum atomic E-state index is -2.06. The standard InChI is InChI=1S/C13H18O.C11H20FN3O3/c1-14-13-9-7-12(8-10-13)11-5-3-2-4-6-11;1-2-14-11(17)15-5-3-4-8(6-15)7-18-9(12)10(13)16/h2-6,12-13H,7-10H2,1H3;8-9H,2-7H2,1H3,(H2,13,16)(H,14,17).